The standard InChI is InChI=1S/C13H17NO/c1-5-6-14-13(15)12-10(3)7-9(2)8-11(12)4/h5-8H,1-4H3,(H,14,15)/b6-5-. The molecule has 15 heavy (non-hydrogen) atoms. The maximum atomic E-state index is 11.8. The van der Waals surface area contributed by atoms with E-state index < -0.39 is 0 Å². The van der Waals surface area contributed by atoms with Gasteiger partial charge >= 0.3 is 0 Å². The second-order valence-electron chi connectivity index (χ2n) is 3.75. The molecule has 0 unspecified atom stereocenters. The molecule has 1 aromatic rings. The fourth-order valence-electron chi connectivity index (χ4n) is 1.77. The summed E-state index contributed by atoms with van der Waals surface area (Å²) < 4.78 is 0. The summed E-state index contributed by atoms with van der Waals surface area (Å²) in [4.78, 5) is 11.8. The topological polar surface area (TPSA) is 29.1 Å². The Balaban J connectivity index is 3.08. The Bertz CT molecular complexity index is 382. The van der Waals surface area contributed by atoms with Gasteiger partial charge in [0.05, 0.1) is 0 Å². The number of amides is 1. The molecular weight excluding hydrogens is 186 g/mol. The summed E-state index contributed by atoms with van der Waals surface area (Å²) in [5.74, 6) is -0.0388. The van der Waals surface area contributed by atoms with Crippen LogP contribution in [0.15, 0.2) is 24.4 Å². The highest BCUT2D eigenvalue weighted by Gasteiger charge is 2.10. The van der Waals surface area contributed by atoms with Crippen LogP contribution in [0, 0.1) is 20.8 Å². The van der Waals surface area contributed by atoms with Crippen molar-refractivity contribution in [3.63, 3.8) is 0 Å². The summed E-state index contributed by atoms with van der Waals surface area (Å²) in [5, 5.41) is 2.73. The molecule has 0 aliphatic heterocycles. The first-order chi connectivity index (χ1) is 7.06. The van der Waals surface area contributed by atoms with Gasteiger partial charge in [-0.1, -0.05) is 23.8 Å². The number of rotatable bonds is 2. The van der Waals surface area contributed by atoms with Crippen molar-refractivity contribution in [3.8, 4) is 0 Å². The van der Waals surface area contributed by atoms with E-state index in [0.717, 1.165) is 16.7 Å². The smallest absolute Gasteiger partial charge is 0.255 e. The van der Waals surface area contributed by atoms with Crippen LogP contribution in [0.5, 0.6) is 0 Å². The van der Waals surface area contributed by atoms with Crippen molar-refractivity contribution in [1.82, 2.24) is 5.32 Å². The second kappa shape index (κ2) is 4.78. The SMILES string of the molecule is C/C=C\NC(=O)c1c(C)cc(C)cc1C. The first kappa shape index (κ1) is 11.5. The molecule has 1 rings (SSSR count). The van der Waals surface area contributed by atoms with E-state index in [-0.39, 0.29) is 5.91 Å². The number of aryl methyl sites for hydroxylation is 3. The van der Waals surface area contributed by atoms with Crippen molar-refractivity contribution in [2.45, 2.75) is 27.7 Å². The van der Waals surface area contributed by atoms with Crippen LogP contribution in [0.25, 0.3) is 0 Å². The van der Waals surface area contributed by atoms with Gasteiger partial charge in [-0.3, -0.25) is 4.79 Å². The van der Waals surface area contributed by atoms with Crippen molar-refractivity contribution in [2.24, 2.45) is 0 Å². The van der Waals surface area contributed by atoms with E-state index in [2.05, 4.69) is 5.32 Å². The van der Waals surface area contributed by atoms with Gasteiger partial charge in [-0.2, -0.15) is 0 Å². The van der Waals surface area contributed by atoms with E-state index >= 15 is 0 Å². The molecule has 0 spiro atoms. The van der Waals surface area contributed by atoms with Crippen LogP contribution in [-0.4, -0.2) is 5.91 Å². The predicted octanol–water partition coefficient (Wildman–Crippen LogP) is 2.88. The molecule has 2 heteroatoms. The van der Waals surface area contributed by atoms with Gasteiger partial charge in [0, 0.05) is 5.56 Å². The van der Waals surface area contributed by atoms with Crippen LogP contribution >= 0.6 is 0 Å². The van der Waals surface area contributed by atoms with Crippen molar-refractivity contribution in [3.05, 3.63) is 46.7 Å². The van der Waals surface area contributed by atoms with Crippen LogP contribution in [0.2, 0.25) is 0 Å². The van der Waals surface area contributed by atoms with E-state index in [1.807, 2.05) is 39.8 Å². The first-order valence-electron chi connectivity index (χ1n) is 5.06. The van der Waals surface area contributed by atoms with Gasteiger partial charge in [-0.05, 0) is 45.0 Å². The molecule has 1 N–H and O–H groups in total. The van der Waals surface area contributed by atoms with E-state index in [4.69, 9.17) is 0 Å². The molecule has 0 saturated heterocycles. The molecule has 0 aliphatic rings. The average Bonchev–Trinajstić information content (AvgIpc) is 2.12. The summed E-state index contributed by atoms with van der Waals surface area (Å²) in [6.07, 6.45) is 3.46. The van der Waals surface area contributed by atoms with Crippen LogP contribution in [0.1, 0.15) is 34.0 Å². The Kier molecular flexibility index (Phi) is 3.67. The average molecular weight is 203 g/mol. The highest BCUT2D eigenvalue weighted by atomic mass is 16.1. The Morgan fingerprint density at radius 2 is 1.73 bits per heavy atom. The minimum Gasteiger partial charge on any atom is -0.329 e. The Morgan fingerprint density at radius 1 is 1.20 bits per heavy atom. The lowest BCUT2D eigenvalue weighted by Crippen LogP contribution is -2.19. The first-order valence-corrected chi connectivity index (χ1v) is 5.06. The molecule has 0 saturated carbocycles. The zero-order valence-corrected chi connectivity index (χ0v) is 9.72. The fourth-order valence-corrected chi connectivity index (χ4v) is 1.77. The van der Waals surface area contributed by atoms with Crippen molar-refractivity contribution in [1.29, 1.82) is 0 Å². The summed E-state index contributed by atoms with van der Waals surface area (Å²) >= 11 is 0. The molecule has 0 atom stereocenters. The van der Waals surface area contributed by atoms with Gasteiger partial charge < -0.3 is 5.32 Å². The van der Waals surface area contributed by atoms with Crippen LogP contribution in [0.3, 0.4) is 0 Å². The third-order valence-corrected chi connectivity index (χ3v) is 2.29. The number of carbonyl (C=O) groups excluding carboxylic acids is 1. The van der Waals surface area contributed by atoms with Gasteiger partial charge in [-0.15, -0.1) is 0 Å². The second-order valence-corrected chi connectivity index (χ2v) is 3.75. The summed E-state index contributed by atoms with van der Waals surface area (Å²) in [7, 11) is 0. The van der Waals surface area contributed by atoms with E-state index in [9.17, 15) is 4.79 Å². The third-order valence-electron chi connectivity index (χ3n) is 2.29. The molecule has 1 aromatic carbocycles. The predicted molar refractivity (Wildman–Crippen MR) is 62.9 cm³/mol. The summed E-state index contributed by atoms with van der Waals surface area (Å²) in [6, 6.07) is 4.05. The van der Waals surface area contributed by atoms with Gasteiger partial charge in [0.15, 0.2) is 0 Å². The molecule has 0 bridgehead atoms. The van der Waals surface area contributed by atoms with Crippen LogP contribution < -0.4 is 5.32 Å². The molecule has 0 aromatic heterocycles. The number of benzene rings is 1. The minimum absolute atomic E-state index is 0.0388. The lowest BCUT2D eigenvalue weighted by molar-refractivity contribution is 0.0969. The monoisotopic (exact) mass is 203 g/mol. The van der Waals surface area contributed by atoms with Crippen molar-refractivity contribution < 1.29 is 4.79 Å². The van der Waals surface area contributed by atoms with E-state index in [0.29, 0.717) is 0 Å². The number of hydrogen-bond acceptors (Lipinski definition) is 1. The van der Waals surface area contributed by atoms with Crippen LogP contribution in [0.4, 0.5) is 0 Å². The number of hydrogen-bond donors (Lipinski definition) is 1. The molecule has 0 heterocycles. The summed E-state index contributed by atoms with van der Waals surface area (Å²) in [6.45, 7) is 7.83. The maximum absolute atomic E-state index is 11.8. The van der Waals surface area contributed by atoms with Gasteiger partial charge in [0.1, 0.15) is 0 Å². The minimum atomic E-state index is -0.0388. The van der Waals surface area contributed by atoms with Gasteiger partial charge in [-0.25, -0.2) is 0 Å². The van der Waals surface area contributed by atoms with Crippen LogP contribution in [-0.2, 0) is 0 Å². The molecule has 80 valence electrons. The van der Waals surface area contributed by atoms with E-state index in [1.54, 1.807) is 12.3 Å². The zero-order valence-electron chi connectivity index (χ0n) is 9.72. The highest BCUT2D eigenvalue weighted by molar-refractivity contribution is 5.97. The molecule has 0 fully saturated rings. The lowest BCUT2D eigenvalue weighted by Gasteiger charge is -2.09. The molecule has 0 radical (unpaired) electrons. The van der Waals surface area contributed by atoms with Gasteiger partial charge in [0.25, 0.3) is 5.91 Å². The van der Waals surface area contributed by atoms with Gasteiger partial charge in [0.2, 0.25) is 0 Å². The number of carbonyl (C=O) groups is 1. The Hall–Kier alpha value is -1.57. The molecular formula is C13H17NO. The Morgan fingerprint density at radius 3 is 2.20 bits per heavy atom. The number of nitrogens with one attached hydrogen (secondary N) is 1. The summed E-state index contributed by atoms with van der Waals surface area (Å²) in [5.41, 5.74) is 4.01. The largest absolute Gasteiger partial charge is 0.329 e. The highest BCUT2D eigenvalue weighted by Crippen LogP contribution is 2.15. The number of allylic oxidation sites excluding steroid dienone is 1. The normalized spacial score (nSPS) is 10.7. The third kappa shape index (κ3) is 2.69. The zero-order chi connectivity index (χ0) is 11.4. The van der Waals surface area contributed by atoms with Crippen molar-refractivity contribution >= 4 is 5.91 Å². The fraction of sp³-hybridized carbons (Fsp3) is 0.308. The lowest BCUT2D eigenvalue weighted by atomic mass is 9.99. The molecule has 2 nitrogen and oxygen atoms in total. The maximum Gasteiger partial charge on any atom is 0.255 e. The molecule has 1 amide bonds. The van der Waals surface area contributed by atoms with E-state index in [1.165, 1.54) is 5.56 Å². The molecule has 0 aliphatic carbocycles. The Labute approximate surface area is 91.0 Å². The van der Waals surface area contributed by atoms with Crippen molar-refractivity contribution in [2.75, 3.05) is 0 Å². The quantitative estimate of drug-likeness (QED) is 0.786.